The molecule has 2 aromatic carbocycles. The van der Waals surface area contributed by atoms with Crippen LogP contribution in [-0.4, -0.2) is 20.6 Å². The van der Waals surface area contributed by atoms with Gasteiger partial charge in [0.15, 0.2) is 0 Å². The Morgan fingerprint density at radius 2 is 1.97 bits per heavy atom. The van der Waals surface area contributed by atoms with Crippen LogP contribution in [-0.2, 0) is 13.1 Å². The Hall–Kier alpha value is -3.87. The van der Waals surface area contributed by atoms with E-state index in [0.717, 1.165) is 27.9 Å². The molecule has 3 N–H and O–H groups in total. The monoisotopic (exact) mass is 415 g/mol. The molecule has 0 unspecified atom stereocenters. The Labute approximate surface area is 180 Å². The van der Waals surface area contributed by atoms with Gasteiger partial charge in [-0.15, -0.1) is 0 Å². The van der Waals surface area contributed by atoms with Crippen LogP contribution in [0.15, 0.2) is 59.7 Å². The minimum Gasteiger partial charge on any atom is -0.358 e. The molecule has 0 saturated heterocycles. The van der Waals surface area contributed by atoms with Crippen molar-refractivity contribution in [2.24, 2.45) is 0 Å². The molecular formula is C24H25N5O2. The number of rotatable bonds is 5. The average Bonchev–Trinajstić information content (AvgIpc) is 3.02. The standard InChI is InChI=1S/C24H25N5O2/c1-15-10-19(22-21(11-15)16(2)17(3)27-22)13-26-23(30)28-20-7-4-6-18(12-20)14-29-9-5-8-25-24(29)31/h4-12,27H,13-14H2,1-3H3,(H2,26,28,30). The molecule has 31 heavy (non-hydrogen) atoms. The average molecular weight is 415 g/mol. The molecule has 0 atom stereocenters. The Morgan fingerprint density at radius 3 is 2.77 bits per heavy atom. The third-order valence-electron chi connectivity index (χ3n) is 5.40. The van der Waals surface area contributed by atoms with Gasteiger partial charge in [0.1, 0.15) is 0 Å². The summed E-state index contributed by atoms with van der Waals surface area (Å²) in [6, 6.07) is 13.1. The summed E-state index contributed by atoms with van der Waals surface area (Å²) < 4.78 is 1.52. The quantitative estimate of drug-likeness (QED) is 0.460. The minimum absolute atomic E-state index is 0.287. The van der Waals surface area contributed by atoms with E-state index in [1.54, 1.807) is 12.3 Å². The van der Waals surface area contributed by atoms with Crippen molar-refractivity contribution in [3.05, 3.63) is 93.3 Å². The van der Waals surface area contributed by atoms with Gasteiger partial charge in [0, 0.05) is 35.7 Å². The number of aryl methyl sites for hydroxylation is 3. The third-order valence-corrected chi connectivity index (χ3v) is 5.40. The molecule has 7 nitrogen and oxygen atoms in total. The number of carbonyl (C=O) groups is 1. The zero-order chi connectivity index (χ0) is 22.0. The first-order chi connectivity index (χ1) is 14.9. The Kier molecular flexibility index (Phi) is 5.58. The van der Waals surface area contributed by atoms with E-state index in [1.807, 2.05) is 24.3 Å². The van der Waals surface area contributed by atoms with Crippen LogP contribution in [0.2, 0.25) is 0 Å². The number of anilines is 1. The smallest absolute Gasteiger partial charge is 0.347 e. The molecule has 2 heterocycles. The Morgan fingerprint density at radius 1 is 1.13 bits per heavy atom. The fourth-order valence-corrected chi connectivity index (χ4v) is 3.73. The lowest BCUT2D eigenvalue weighted by Gasteiger charge is -2.11. The molecule has 0 spiro atoms. The van der Waals surface area contributed by atoms with E-state index in [1.165, 1.54) is 21.7 Å². The number of urea groups is 1. The van der Waals surface area contributed by atoms with E-state index >= 15 is 0 Å². The number of nitrogens with zero attached hydrogens (tertiary/aromatic N) is 2. The normalized spacial score (nSPS) is 10.9. The van der Waals surface area contributed by atoms with E-state index < -0.39 is 0 Å². The maximum atomic E-state index is 12.5. The molecule has 0 saturated carbocycles. The number of aromatic amines is 1. The minimum atomic E-state index is -0.308. The highest BCUT2D eigenvalue weighted by Gasteiger charge is 2.11. The molecule has 158 valence electrons. The second-order valence-corrected chi connectivity index (χ2v) is 7.76. The predicted molar refractivity (Wildman–Crippen MR) is 122 cm³/mol. The number of benzene rings is 2. The zero-order valence-corrected chi connectivity index (χ0v) is 17.8. The molecule has 2 amide bonds. The molecule has 0 aliphatic heterocycles. The van der Waals surface area contributed by atoms with Crippen molar-refractivity contribution in [2.75, 3.05) is 5.32 Å². The van der Waals surface area contributed by atoms with Crippen molar-refractivity contribution < 1.29 is 4.79 Å². The van der Waals surface area contributed by atoms with Crippen LogP contribution in [0.3, 0.4) is 0 Å². The summed E-state index contributed by atoms with van der Waals surface area (Å²) in [6.45, 7) is 7.01. The van der Waals surface area contributed by atoms with Crippen molar-refractivity contribution in [2.45, 2.75) is 33.9 Å². The molecule has 4 rings (SSSR count). The van der Waals surface area contributed by atoms with Crippen LogP contribution in [0.5, 0.6) is 0 Å². The van der Waals surface area contributed by atoms with Gasteiger partial charge in [-0.1, -0.05) is 23.8 Å². The molecule has 4 aromatic rings. The lowest BCUT2D eigenvalue weighted by atomic mass is 10.0. The predicted octanol–water partition coefficient (Wildman–Crippen LogP) is 4.02. The summed E-state index contributed by atoms with van der Waals surface area (Å²) in [4.78, 5) is 31.5. The largest absolute Gasteiger partial charge is 0.358 e. The topological polar surface area (TPSA) is 91.8 Å². The van der Waals surface area contributed by atoms with Crippen molar-refractivity contribution in [3.63, 3.8) is 0 Å². The van der Waals surface area contributed by atoms with Crippen molar-refractivity contribution >= 4 is 22.6 Å². The molecule has 0 radical (unpaired) electrons. The second-order valence-electron chi connectivity index (χ2n) is 7.76. The number of nitrogens with one attached hydrogen (secondary N) is 3. The first-order valence-corrected chi connectivity index (χ1v) is 10.1. The van der Waals surface area contributed by atoms with Crippen molar-refractivity contribution in [1.29, 1.82) is 0 Å². The molecule has 0 fully saturated rings. The number of carbonyl (C=O) groups excluding carboxylic acids is 1. The van der Waals surface area contributed by atoms with Gasteiger partial charge in [0.25, 0.3) is 0 Å². The fourth-order valence-electron chi connectivity index (χ4n) is 3.73. The number of aromatic nitrogens is 3. The van der Waals surface area contributed by atoms with Gasteiger partial charge in [0.05, 0.1) is 12.1 Å². The number of hydrogen-bond donors (Lipinski definition) is 3. The lowest BCUT2D eigenvalue weighted by Crippen LogP contribution is -2.28. The molecule has 0 aliphatic rings. The number of amides is 2. The molecule has 2 aromatic heterocycles. The number of H-pyrrole nitrogens is 1. The highest BCUT2D eigenvalue weighted by molar-refractivity contribution is 5.91. The fraction of sp³-hybridized carbons (Fsp3) is 0.208. The molecule has 0 aliphatic carbocycles. The Balaban J connectivity index is 1.44. The number of hydrogen-bond acceptors (Lipinski definition) is 3. The zero-order valence-electron chi connectivity index (χ0n) is 17.8. The SMILES string of the molecule is Cc1cc(CNC(=O)Nc2cccc(Cn3cccnc3=O)c2)c2[nH]c(C)c(C)c2c1. The van der Waals surface area contributed by atoms with Gasteiger partial charge in [-0.25, -0.2) is 14.6 Å². The first kappa shape index (κ1) is 20.4. The maximum Gasteiger partial charge on any atom is 0.347 e. The van der Waals surface area contributed by atoms with E-state index in [4.69, 9.17) is 0 Å². The molecule has 0 bridgehead atoms. The van der Waals surface area contributed by atoms with Crippen molar-refractivity contribution in [3.8, 4) is 0 Å². The van der Waals surface area contributed by atoms with E-state index in [2.05, 4.69) is 53.5 Å². The summed E-state index contributed by atoms with van der Waals surface area (Å²) in [5.41, 5.74) is 6.88. The van der Waals surface area contributed by atoms with Gasteiger partial charge in [-0.05, 0) is 61.7 Å². The van der Waals surface area contributed by atoms with E-state index in [-0.39, 0.29) is 11.7 Å². The second kappa shape index (κ2) is 8.47. The van der Waals surface area contributed by atoms with Gasteiger partial charge in [-0.2, -0.15) is 0 Å². The van der Waals surface area contributed by atoms with Gasteiger partial charge < -0.3 is 15.6 Å². The highest BCUT2D eigenvalue weighted by atomic mass is 16.2. The van der Waals surface area contributed by atoms with Gasteiger partial charge in [-0.3, -0.25) is 4.57 Å². The van der Waals surface area contributed by atoms with Crippen LogP contribution in [0.4, 0.5) is 10.5 Å². The summed E-state index contributed by atoms with van der Waals surface area (Å²) in [5, 5.41) is 7.00. The molecular weight excluding hydrogens is 390 g/mol. The highest BCUT2D eigenvalue weighted by Crippen LogP contribution is 2.26. The van der Waals surface area contributed by atoms with E-state index in [0.29, 0.717) is 18.8 Å². The van der Waals surface area contributed by atoms with Crippen LogP contribution in [0.25, 0.3) is 10.9 Å². The first-order valence-electron chi connectivity index (χ1n) is 10.1. The summed E-state index contributed by atoms with van der Waals surface area (Å²) in [6.07, 6.45) is 3.16. The van der Waals surface area contributed by atoms with Crippen LogP contribution in [0, 0.1) is 20.8 Å². The van der Waals surface area contributed by atoms with E-state index in [9.17, 15) is 9.59 Å². The van der Waals surface area contributed by atoms with Gasteiger partial charge in [0.2, 0.25) is 0 Å². The lowest BCUT2D eigenvalue weighted by molar-refractivity contribution is 0.252. The summed E-state index contributed by atoms with van der Waals surface area (Å²) in [5.74, 6) is 0. The van der Waals surface area contributed by atoms with Crippen molar-refractivity contribution in [1.82, 2.24) is 19.9 Å². The third kappa shape index (κ3) is 4.50. The van der Waals surface area contributed by atoms with Gasteiger partial charge >= 0.3 is 11.7 Å². The van der Waals surface area contributed by atoms with Crippen LogP contribution in [0.1, 0.15) is 27.9 Å². The maximum absolute atomic E-state index is 12.5. The summed E-state index contributed by atoms with van der Waals surface area (Å²) >= 11 is 0. The van der Waals surface area contributed by atoms with Crippen LogP contribution < -0.4 is 16.3 Å². The summed E-state index contributed by atoms with van der Waals surface area (Å²) in [7, 11) is 0. The van der Waals surface area contributed by atoms with Crippen LogP contribution >= 0.6 is 0 Å². The molecule has 7 heteroatoms. The Bertz CT molecular complexity index is 1320. The number of fused-ring (bicyclic) bond motifs is 1.